The number of hydrogen-bond donors (Lipinski definition) is 1. The summed E-state index contributed by atoms with van der Waals surface area (Å²) in [7, 11) is 2.01. The molecule has 5 heteroatoms. The average molecular weight is 432 g/mol. The molecule has 0 heterocycles. The minimum Gasteiger partial charge on any atom is -0.480 e. The van der Waals surface area contributed by atoms with Crippen molar-refractivity contribution in [1.29, 1.82) is 0 Å². The third-order valence-electron chi connectivity index (χ3n) is 6.71. The second-order valence-corrected chi connectivity index (χ2v) is 9.11. The molecule has 1 aromatic rings. The molecular formula is C26H41NO4. The number of carbonyl (C=O) groups excluding carboxylic acids is 1. The minimum absolute atomic E-state index is 0.0629. The fourth-order valence-corrected chi connectivity index (χ4v) is 4.65. The molecule has 0 saturated heterocycles. The topological polar surface area (TPSA) is 66.8 Å². The number of aryl methyl sites for hydroxylation is 1. The van der Waals surface area contributed by atoms with Crippen molar-refractivity contribution < 1.29 is 19.4 Å². The molecule has 174 valence electrons. The quantitative estimate of drug-likeness (QED) is 0.236. The van der Waals surface area contributed by atoms with Gasteiger partial charge in [0.1, 0.15) is 0 Å². The number of carboxylic acid groups (broad SMARTS) is 1. The first kappa shape index (κ1) is 25.4. The van der Waals surface area contributed by atoms with Gasteiger partial charge in [-0.2, -0.15) is 0 Å². The van der Waals surface area contributed by atoms with E-state index in [0.29, 0.717) is 19.3 Å². The van der Waals surface area contributed by atoms with Gasteiger partial charge in [0.15, 0.2) is 5.41 Å². The number of aliphatic carboxylic acids is 1. The molecule has 2 unspecified atom stereocenters. The Hall–Kier alpha value is -1.88. The molecule has 0 spiro atoms. The minimum atomic E-state index is -1.39. The lowest BCUT2D eigenvalue weighted by atomic mass is 9.86. The molecule has 1 aromatic carbocycles. The summed E-state index contributed by atoms with van der Waals surface area (Å²) in [6, 6.07) is 8.85. The zero-order chi connectivity index (χ0) is 22.7. The largest absolute Gasteiger partial charge is 0.480 e. The molecule has 1 fully saturated rings. The van der Waals surface area contributed by atoms with Gasteiger partial charge in [0.25, 0.3) is 0 Å². The van der Waals surface area contributed by atoms with Crippen LogP contribution in [0.5, 0.6) is 0 Å². The Labute approximate surface area is 188 Å². The van der Waals surface area contributed by atoms with Gasteiger partial charge in [-0.15, -0.1) is 0 Å². The number of rotatable bonds is 14. The second-order valence-electron chi connectivity index (χ2n) is 9.11. The number of unbranched alkanes of at least 4 members (excludes halogenated alkanes) is 6. The van der Waals surface area contributed by atoms with Crippen LogP contribution in [0.15, 0.2) is 24.3 Å². The summed E-state index contributed by atoms with van der Waals surface area (Å²) in [6.07, 6.45) is 11.8. The Bertz CT molecular complexity index is 687. The molecule has 1 N–H and O–H groups in total. The van der Waals surface area contributed by atoms with Crippen LogP contribution < -0.4 is 0 Å². The summed E-state index contributed by atoms with van der Waals surface area (Å²) in [5.74, 6) is -1.65. The van der Waals surface area contributed by atoms with Gasteiger partial charge in [-0.05, 0) is 57.2 Å². The van der Waals surface area contributed by atoms with E-state index >= 15 is 0 Å². The lowest BCUT2D eigenvalue weighted by Crippen LogP contribution is -2.40. The molecule has 0 radical (unpaired) electrons. The van der Waals surface area contributed by atoms with Crippen molar-refractivity contribution in [2.24, 2.45) is 5.41 Å². The van der Waals surface area contributed by atoms with Crippen LogP contribution in [0.25, 0.3) is 0 Å². The number of hydrogen-bond acceptors (Lipinski definition) is 4. The van der Waals surface area contributed by atoms with Gasteiger partial charge in [-0.1, -0.05) is 69.7 Å². The highest BCUT2D eigenvalue weighted by Crippen LogP contribution is 2.42. The summed E-state index contributed by atoms with van der Waals surface area (Å²) in [5, 5.41) is 9.70. The van der Waals surface area contributed by atoms with E-state index in [0.717, 1.165) is 13.0 Å². The van der Waals surface area contributed by atoms with Gasteiger partial charge in [0.2, 0.25) is 0 Å². The fourth-order valence-electron chi connectivity index (χ4n) is 4.65. The van der Waals surface area contributed by atoms with E-state index in [-0.39, 0.29) is 12.6 Å². The first-order valence-corrected chi connectivity index (χ1v) is 12.1. The van der Waals surface area contributed by atoms with Crippen LogP contribution in [0.3, 0.4) is 0 Å². The molecule has 1 aliphatic carbocycles. The van der Waals surface area contributed by atoms with Gasteiger partial charge in [0, 0.05) is 12.6 Å². The van der Waals surface area contributed by atoms with E-state index < -0.39 is 17.4 Å². The zero-order valence-corrected chi connectivity index (χ0v) is 19.7. The number of carboxylic acids is 1. The number of carbonyl (C=O) groups is 2. The first-order chi connectivity index (χ1) is 14.9. The standard InChI is InChI=1S/C26H41NO4/c1-4-6-7-8-9-10-11-12-21-13-15-22(16-14-21)20-27(3)23-17-18-26(19-23,24(28)29)25(30)31-5-2/h13-16,23H,4-12,17-20H2,1-3H3,(H,28,29). The molecule has 2 rings (SSSR count). The van der Waals surface area contributed by atoms with E-state index in [1.165, 1.54) is 56.1 Å². The first-order valence-electron chi connectivity index (χ1n) is 12.1. The van der Waals surface area contributed by atoms with Gasteiger partial charge >= 0.3 is 11.9 Å². The van der Waals surface area contributed by atoms with Crippen LogP contribution in [0, 0.1) is 5.41 Å². The highest BCUT2D eigenvalue weighted by molar-refractivity contribution is 5.99. The van der Waals surface area contributed by atoms with Crippen LogP contribution in [-0.2, 0) is 27.3 Å². The Morgan fingerprint density at radius 2 is 1.65 bits per heavy atom. The number of benzene rings is 1. The van der Waals surface area contributed by atoms with Crippen molar-refractivity contribution in [3.05, 3.63) is 35.4 Å². The van der Waals surface area contributed by atoms with Crippen molar-refractivity contribution in [3.8, 4) is 0 Å². The monoisotopic (exact) mass is 431 g/mol. The third kappa shape index (κ3) is 7.34. The molecule has 1 saturated carbocycles. The molecule has 2 atom stereocenters. The SMILES string of the molecule is CCCCCCCCCc1ccc(CN(C)C2CCC(C(=O)O)(C(=O)OCC)C2)cc1. The van der Waals surface area contributed by atoms with Crippen molar-refractivity contribution in [1.82, 2.24) is 4.90 Å². The molecule has 0 aliphatic heterocycles. The normalized spacial score (nSPS) is 20.8. The summed E-state index contributed by atoms with van der Waals surface area (Å²) in [4.78, 5) is 26.4. The van der Waals surface area contributed by atoms with E-state index in [9.17, 15) is 14.7 Å². The smallest absolute Gasteiger partial charge is 0.323 e. The van der Waals surface area contributed by atoms with Gasteiger partial charge in [0.05, 0.1) is 6.61 Å². The molecule has 1 aliphatic rings. The van der Waals surface area contributed by atoms with Crippen molar-refractivity contribution >= 4 is 11.9 Å². The summed E-state index contributed by atoms with van der Waals surface area (Å²) in [6.45, 7) is 4.92. The summed E-state index contributed by atoms with van der Waals surface area (Å²) >= 11 is 0. The van der Waals surface area contributed by atoms with Crippen molar-refractivity contribution in [2.75, 3.05) is 13.7 Å². The Balaban J connectivity index is 1.80. The van der Waals surface area contributed by atoms with Crippen molar-refractivity contribution in [2.45, 2.75) is 97.1 Å². The predicted octanol–water partition coefficient (Wildman–Crippen LogP) is 5.60. The fraction of sp³-hybridized carbons (Fsp3) is 0.692. The van der Waals surface area contributed by atoms with Crippen LogP contribution in [0.1, 0.15) is 89.2 Å². The Morgan fingerprint density at radius 1 is 1.03 bits per heavy atom. The van der Waals surface area contributed by atoms with E-state index in [1.54, 1.807) is 6.92 Å². The number of esters is 1. The highest BCUT2D eigenvalue weighted by atomic mass is 16.5. The van der Waals surface area contributed by atoms with Crippen molar-refractivity contribution in [3.63, 3.8) is 0 Å². The van der Waals surface area contributed by atoms with Gasteiger partial charge < -0.3 is 9.84 Å². The van der Waals surface area contributed by atoms with Gasteiger partial charge in [-0.3, -0.25) is 14.5 Å². The second kappa shape index (κ2) is 12.8. The summed E-state index contributed by atoms with van der Waals surface area (Å²) < 4.78 is 5.08. The summed E-state index contributed by atoms with van der Waals surface area (Å²) in [5.41, 5.74) is 1.21. The number of nitrogens with zero attached hydrogens (tertiary/aromatic N) is 1. The Kier molecular flexibility index (Phi) is 10.5. The zero-order valence-electron chi connectivity index (χ0n) is 19.7. The lowest BCUT2D eigenvalue weighted by Gasteiger charge is -2.27. The highest BCUT2D eigenvalue weighted by Gasteiger charge is 2.53. The molecule has 0 bridgehead atoms. The maximum atomic E-state index is 12.3. The molecule has 0 amide bonds. The maximum absolute atomic E-state index is 12.3. The lowest BCUT2D eigenvalue weighted by molar-refractivity contribution is -0.168. The van der Waals surface area contributed by atoms with Crippen LogP contribution in [-0.4, -0.2) is 41.6 Å². The van der Waals surface area contributed by atoms with Crippen LogP contribution >= 0.6 is 0 Å². The molecule has 31 heavy (non-hydrogen) atoms. The maximum Gasteiger partial charge on any atom is 0.323 e. The average Bonchev–Trinajstić information content (AvgIpc) is 3.22. The Morgan fingerprint density at radius 3 is 2.26 bits per heavy atom. The third-order valence-corrected chi connectivity index (χ3v) is 6.71. The van der Waals surface area contributed by atoms with E-state index in [2.05, 4.69) is 36.1 Å². The van der Waals surface area contributed by atoms with E-state index in [1.807, 2.05) is 7.05 Å². The molecular weight excluding hydrogens is 390 g/mol. The number of ether oxygens (including phenoxy) is 1. The predicted molar refractivity (Wildman–Crippen MR) is 124 cm³/mol. The van der Waals surface area contributed by atoms with Gasteiger partial charge in [-0.25, -0.2) is 0 Å². The molecule has 5 nitrogen and oxygen atoms in total. The molecule has 0 aromatic heterocycles. The van der Waals surface area contributed by atoms with Crippen LogP contribution in [0.4, 0.5) is 0 Å². The van der Waals surface area contributed by atoms with E-state index in [4.69, 9.17) is 4.74 Å². The van der Waals surface area contributed by atoms with Crippen LogP contribution in [0.2, 0.25) is 0 Å².